The van der Waals surface area contributed by atoms with Crippen molar-refractivity contribution in [1.82, 2.24) is 5.32 Å². The van der Waals surface area contributed by atoms with Crippen LogP contribution in [-0.2, 0) is 17.8 Å². The predicted octanol–water partition coefficient (Wildman–Crippen LogP) is 2.77. The van der Waals surface area contributed by atoms with E-state index in [2.05, 4.69) is 36.5 Å². The van der Waals surface area contributed by atoms with Gasteiger partial charge in [0.2, 0.25) is 0 Å². The maximum atomic E-state index is 5.66. The summed E-state index contributed by atoms with van der Waals surface area (Å²) in [5.41, 5.74) is 2.72. The number of hydrogen-bond acceptors (Lipinski definition) is 2. The second-order valence-corrected chi connectivity index (χ2v) is 4.03. The molecule has 0 bridgehead atoms. The molecule has 0 amide bonds. The van der Waals surface area contributed by atoms with Crippen LogP contribution in [0.15, 0.2) is 24.3 Å². The zero-order valence-corrected chi connectivity index (χ0v) is 10.5. The number of hydrogen-bond donors (Lipinski definition) is 1. The minimum absolute atomic E-state index is 0.750. The van der Waals surface area contributed by atoms with Gasteiger partial charge in [0, 0.05) is 6.61 Å². The molecule has 0 aromatic heterocycles. The minimum atomic E-state index is 0.750. The van der Waals surface area contributed by atoms with Crippen molar-refractivity contribution >= 4 is 0 Å². The van der Waals surface area contributed by atoms with Crippen molar-refractivity contribution in [3.63, 3.8) is 0 Å². The van der Waals surface area contributed by atoms with Crippen LogP contribution in [0.3, 0.4) is 0 Å². The lowest BCUT2D eigenvalue weighted by molar-refractivity contribution is 0.117. The van der Waals surface area contributed by atoms with Crippen LogP contribution in [0.2, 0.25) is 0 Å². The van der Waals surface area contributed by atoms with Gasteiger partial charge in [-0.1, -0.05) is 37.6 Å². The summed E-state index contributed by atoms with van der Waals surface area (Å²) in [6.07, 6.45) is 3.42. The summed E-state index contributed by atoms with van der Waals surface area (Å²) >= 11 is 0. The van der Waals surface area contributed by atoms with Crippen molar-refractivity contribution in [1.29, 1.82) is 0 Å². The fourth-order valence-corrected chi connectivity index (χ4v) is 1.63. The van der Waals surface area contributed by atoms with Crippen LogP contribution in [0.1, 0.15) is 30.9 Å². The number of ether oxygens (including phenoxy) is 1. The Morgan fingerprint density at radius 3 is 2.62 bits per heavy atom. The van der Waals surface area contributed by atoms with Gasteiger partial charge in [-0.2, -0.15) is 0 Å². The molecule has 0 atom stereocenters. The fraction of sp³-hybridized carbons (Fsp3) is 0.571. The second-order valence-electron chi connectivity index (χ2n) is 4.03. The molecular formula is C14H23NO. The van der Waals surface area contributed by atoms with E-state index < -0.39 is 0 Å². The van der Waals surface area contributed by atoms with Gasteiger partial charge in [-0.15, -0.1) is 0 Å². The van der Waals surface area contributed by atoms with Crippen molar-refractivity contribution in [3.8, 4) is 0 Å². The smallest absolute Gasteiger partial charge is 0.0719 e. The van der Waals surface area contributed by atoms with Crippen molar-refractivity contribution in [2.75, 3.05) is 20.2 Å². The lowest BCUT2D eigenvalue weighted by Crippen LogP contribution is -2.11. The second kappa shape index (κ2) is 8.31. The average Bonchev–Trinajstić information content (AvgIpc) is 2.33. The van der Waals surface area contributed by atoms with Gasteiger partial charge in [-0.05, 0) is 37.6 Å². The maximum Gasteiger partial charge on any atom is 0.0719 e. The summed E-state index contributed by atoms with van der Waals surface area (Å²) in [6, 6.07) is 8.54. The van der Waals surface area contributed by atoms with E-state index in [0.717, 1.165) is 32.6 Å². The van der Waals surface area contributed by atoms with Gasteiger partial charge >= 0.3 is 0 Å². The van der Waals surface area contributed by atoms with Crippen LogP contribution in [-0.4, -0.2) is 20.2 Å². The fourth-order valence-electron chi connectivity index (χ4n) is 1.63. The van der Waals surface area contributed by atoms with Crippen molar-refractivity contribution in [3.05, 3.63) is 35.4 Å². The van der Waals surface area contributed by atoms with Gasteiger partial charge in [0.1, 0.15) is 0 Å². The van der Waals surface area contributed by atoms with Crippen molar-refractivity contribution < 1.29 is 4.74 Å². The Balaban J connectivity index is 2.43. The van der Waals surface area contributed by atoms with E-state index in [1.54, 1.807) is 0 Å². The molecule has 2 nitrogen and oxygen atoms in total. The van der Waals surface area contributed by atoms with Crippen molar-refractivity contribution in [2.24, 2.45) is 0 Å². The third-order valence-corrected chi connectivity index (χ3v) is 2.66. The molecule has 1 N–H and O–H groups in total. The molecule has 2 heteroatoms. The van der Waals surface area contributed by atoms with E-state index in [-0.39, 0.29) is 0 Å². The predicted molar refractivity (Wildman–Crippen MR) is 68.6 cm³/mol. The quantitative estimate of drug-likeness (QED) is 0.682. The zero-order valence-electron chi connectivity index (χ0n) is 10.5. The lowest BCUT2D eigenvalue weighted by atomic mass is 10.1. The Morgan fingerprint density at radius 2 is 1.94 bits per heavy atom. The minimum Gasteiger partial charge on any atom is -0.377 e. The average molecular weight is 221 g/mol. The van der Waals surface area contributed by atoms with Crippen LogP contribution in [0.5, 0.6) is 0 Å². The summed E-state index contributed by atoms with van der Waals surface area (Å²) < 4.78 is 5.66. The summed E-state index contributed by atoms with van der Waals surface area (Å²) in [5.74, 6) is 0. The molecule has 0 saturated carbocycles. The first-order valence-corrected chi connectivity index (χ1v) is 6.17. The van der Waals surface area contributed by atoms with Crippen LogP contribution < -0.4 is 5.32 Å². The molecule has 0 heterocycles. The first-order chi connectivity index (χ1) is 7.88. The Kier molecular flexibility index (Phi) is 6.86. The van der Waals surface area contributed by atoms with E-state index in [0.29, 0.717) is 0 Å². The van der Waals surface area contributed by atoms with Crippen LogP contribution in [0.25, 0.3) is 0 Å². The van der Waals surface area contributed by atoms with Gasteiger partial charge in [0.25, 0.3) is 0 Å². The Bertz CT molecular complexity index is 286. The van der Waals surface area contributed by atoms with Gasteiger partial charge < -0.3 is 10.1 Å². The SMILES string of the molecule is CCCCOCc1ccccc1CCNC. The Labute approximate surface area is 99.0 Å². The first kappa shape index (κ1) is 13.2. The molecule has 0 unspecified atom stereocenters. The van der Waals surface area contributed by atoms with E-state index in [1.807, 2.05) is 7.05 Å². The number of nitrogens with one attached hydrogen (secondary N) is 1. The number of unbranched alkanes of at least 4 members (excludes halogenated alkanes) is 1. The number of benzene rings is 1. The lowest BCUT2D eigenvalue weighted by Gasteiger charge is -2.09. The molecular weight excluding hydrogens is 198 g/mol. The largest absolute Gasteiger partial charge is 0.377 e. The van der Waals surface area contributed by atoms with Gasteiger partial charge in [-0.3, -0.25) is 0 Å². The van der Waals surface area contributed by atoms with Gasteiger partial charge in [-0.25, -0.2) is 0 Å². The molecule has 0 radical (unpaired) electrons. The standard InChI is InChI=1S/C14H23NO/c1-3-4-11-16-12-14-8-6-5-7-13(14)9-10-15-2/h5-8,15H,3-4,9-12H2,1-2H3. The molecule has 0 spiro atoms. The highest BCUT2D eigenvalue weighted by atomic mass is 16.5. The molecule has 1 rings (SSSR count). The highest BCUT2D eigenvalue weighted by Crippen LogP contribution is 2.10. The Morgan fingerprint density at radius 1 is 1.19 bits per heavy atom. The van der Waals surface area contributed by atoms with E-state index in [9.17, 15) is 0 Å². The first-order valence-electron chi connectivity index (χ1n) is 6.17. The van der Waals surface area contributed by atoms with Crippen LogP contribution >= 0.6 is 0 Å². The topological polar surface area (TPSA) is 21.3 Å². The zero-order chi connectivity index (χ0) is 11.6. The van der Waals surface area contributed by atoms with Gasteiger partial charge in [0.15, 0.2) is 0 Å². The molecule has 16 heavy (non-hydrogen) atoms. The number of likely N-dealkylation sites (N-methyl/N-ethyl adjacent to an activating group) is 1. The van der Waals surface area contributed by atoms with E-state index >= 15 is 0 Å². The molecule has 1 aromatic rings. The number of rotatable bonds is 8. The summed E-state index contributed by atoms with van der Waals surface area (Å²) in [7, 11) is 1.99. The summed E-state index contributed by atoms with van der Waals surface area (Å²) in [5, 5.41) is 3.18. The normalized spacial score (nSPS) is 10.6. The van der Waals surface area contributed by atoms with E-state index in [1.165, 1.54) is 17.5 Å². The van der Waals surface area contributed by atoms with Crippen molar-refractivity contribution in [2.45, 2.75) is 32.8 Å². The molecule has 1 aromatic carbocycles. The molecule has 0 aliphatic carbocycles. The van der Waals surface area contributed by atoms with Crippen LogP contribution in [0.4, 0.5) is 0 Å². The highest BCUT2D eigenvalue weighted by Gasteiger charge is 2.00. The maximum absolute atomic E-state index is 5.66. The molecule has 90 valence electrons. The molecule has 0 aliphatic heterocycles. The monoisotopic (exact) mass is 221 g/mol. The Hall–Kier alpha value is -0.860. The summed E-state index contributed by atoms with van der Waals surface area (Å²) in [4.78, 5) is 0. The highest BCUT2D eigenvalue weighted by molar-refractivity contribution is 5.26. The third kappa shape index (κ3) is 4.77. The van der Waals surface area contributed by atoms with Crippen LogP contribution in [0, 0.1) is 0 Å². The molecule has 0 saturated heterocycles. The summed E-state index contributed by atoms with van der Waals surface area (Å²) in [6.45, 7) is 4.83. The van der Waals surface area contributed by atoms with E-state index in [4.69, 9.17) is 4.74 Å². The third-order valence-electron chi connectivity index (χ3n) is 2.66. The van der Waals surface area contributed by atoms with Gasteiger partial charge in [0.05, 0.1) is 6.61 Å². The molecule has 0 fully saturated rings. The molecule has 0 aliphatic rings.